The number of rotatable bonds is 3. The average molecular weight is 362 g/mol. The number of carbonyl (C=O) groups is 1. The molecule has 3 aromatic rings. The highest BCUT2D eigenvalue weighted by atomic mass is 16.5. The first-order chi connectivity index (χ1) is 13.1. The van der Waals surface area contributed by atoms with E-state index >= 15 is 0 Å². The van der Waals surface area contributed by atoms with Crippen LogP contribution in [0.3, 0.4) is 0 Å². The Balaban J connectivity index is 1.54. The van der Waals surface area contributed by atoms with Crippen molar-refractivity contribution in [3.8, 4) is 11.1 Å². The van der Waals surface area contributed by atoms with Crippen molar-refractivity contribution in [1.82, 2.24) is 0 Å². The Hall–Kier alpha value is -2.88. The summed E-state index contributed by atoms with van der Waals surface area (Å²) >= 11 is 0. The maximum atomic E-state index is 12.4. The number of esters is 1. The van der Waals surface area contributed by atoms with Crippen molar-refractivity contribution in [1.29, 1.82) is 0 Å². The van der Waals surface area contributed by atoms with Gasteiger partial charge >= 0.3 is 11.6 Å². The van der Waals surface area contributed by atoms with Gasteiger partial charge in [-0.25, -0.2) is 9.59 Å². The Morgan fingerprint density at radius 2 is 1.85 bits per heavy atom. The minimum absolute atomic E-state index is 0.00783. The van der Waals surface area contributed by atoms with Gasteiger partial charge in [-0.15, -0.1) is 0 Å². The highest BCUT2D eigenvalue weighted by Crippen LogP contribution is 2.27. The molecule has 4 heteroatoms. The summed E-state index contributed by atoms with van der Waals surface area (Å²) in [6, 6.07) is 16.2. The number of hydrogen-bond donors (Lipinski definition) is 0. The molecule has 2 aromatic carbocycles. The molecule has 27 heavy (non-hydrogen) atoms. The van der Waals surface area contributed by atoms with E-state index in [1.165, 1.54) is 6.42 Å². The second-order valence-corrected chi connectivity index (χ2v) is 7.36. The van der Waals surface area contributed by atoms with Gasteiger partial charge in [-0.1, -0.05) is 43.7 Å². The first-order valence-corrected chi connectivity index (χ1v) is 9.44. The van der Waals surface area contributed by atoms with Crippen LogP contribution < -0.4 is 5.63 Å². The van der Waals surface area contributed by atoms with Crippen LogP contribution in [0.1, 0.15) is 43.0 Å². The smallest absolute Gasteiger partial charge is 0.344 e. The zero-order valence-corrected chi connectivity index (χ0v) is 15.3. The van der Waals surface area contributed by atoms with E-state index in [4.69, 9.17) is 9.15 Å². The average Bonchev–Trinajstić information content (AvgIpc) is 2.67. The summed E-state index contributed by atoms with van der Waals surface area (Å²) in [5, 5.41) is 0.863. The molecule has 4 nitrogen and oxygen atoms in total. The molecule has 0 aliphatic heterocycles. The highest BCUT2D eigenvalue weighted by molar-refractivity contribution is 5.90. The largest absolute Gasteiger partial charge is 0.459 e. The quantitative estimate of drug-likeness (QED) is 0.475. The topological polar surface area (TPSA) is 56.5 Å². The summed E-state index contributed by atoms with van der Waals surface area (Å²) in [6.07, 6.45) is 4.19. The van der Waals surface area contributed by atoms with Crippen molar-refractivity contribution >= 4 is 16.9 Å². The molecule has 0 saturated heterocycles. The van der Waals surface area contributed by atoms with Gasteiger partial charge in [0.15, 0.2) is 0 Å². The monoisotopic (exact) mass is 362 g/mol. The van der Waals surface area contributed by atoms with Crippen molar-refractivity contribution in [2.45, 2.75) is 38.7 Å². The molecule has 1 saturated carbocycles. The lowest BCUT2D eigenvalue weighted by atomic mass is 9.89. The van der Waals surface area contributed by atoms with Gasteiger partial charge in [0.05, 0.1) is 11.1 Å². The molecule has 0 radical (unpaired) electrons. The second kappa shape index (κ2) is 7.39. The number of para-hydroxylation sites is 1. The molecule has 0 bridgehead atoms. The van der Waals surface area contributed by atoms with Gasteiger partial charge < -0.3 is 9.15 Å². The third-order valence-corrected chi connectivity index (χ3v) is 5.24. The third-order valence-electron chi connectivity index (χ3n) is 5.24. The van der Waals surface area contributed by atoms with Gasteiger partial charge in [-0.2, -0.15) is 0 Å². The number of benzene rings is 2. The molecule has 1 fully saturated rings. The highest BCUT2D eigenvalue weighted by Gasteiger charge is 2.22. The lowest BCUT2D eigenvalue weighted by molar-refractivity contribution is 0.0155. The first-order valence-electron chi connectivity index (χ1n) is 9.44. The fraction of sp³-hybridized carbons (Fsp3) is 0.304. The number of hydrogen-bond acceptors (Lipinski definition) is 4. The van der Waals surface area contributed by atoms with Crippen molar-refractivity contribution in [2.24, 2.45) is 5.92 Å². The zero-order valence-electron chi connectivity index (χ0n) is 15.3. The molecule has 1 aromatic heterocycles. The molecule has 1 heterocycles. The normalized spacial score (nSPS) is 19.7. The number of carbonyl (C=O) groups excluding carboxylic acids is 1. The zero-order chi connectivity index (χ0) is 18.8. The molecule has 1 aliphatic carbocycles. The molecule has 0 N–H and O–H groups in total. The molecule has 2 atom stereocenters. The van der Waals surface area contributed by atoms with Crippen LogP contribution in [0, 0.1) is 5.92 Å². The first kappa shape index (κ1) is 17.5. The molecule has 2 unspecified atom stereocenters. The number of ether oxygens (including phenoxy) is 1. The third kappa shape index (κ3) is 3.80. The minimum atomic E-state index is -0.389. The van der Waals surface area contributed by atoms with Gasteiger partial charge in [0.25, 0.3) is 0 Å². The van der Waals surface area contributed by atoms with Crippen molar-refractivity contribution in [3.63, 3.8) is 0 Å². The van der Waals surface area contributed by atoms with E-state index in [1.807, 2.05) is 24.3 Å². The van der Waals surface area contributed by atoms with Gasteiger partial charge in [0, 0.05) is 5.39 Å². The Morgan fingerprint density at radius 3 is 2.63 bits per heavy atom. The molecule has 0 amide bonds. The fourth-order valence-corrected chi connectivity index (χ4v) is 3.75. The van der Waals surface area contributed by atoms with Gasteiger partial charge in [0.1, 0.15) is 11.7 Å². The summed E-state index contributed by atoms with van der Waals surface area (Å²) in [5.41, 5.74) is 1.88. The maximum Gasteiger partial charge on any atom is 0.344 e. The van der Waals surface area contributed by atoms with Crippen molar-refractivity contribution in [3.05, 3.63) is 70.6 Å². The van der Waals surface area contributed by atoms with Crippen LogP contribution in [0.15, 0.2) is 63.8 Å². The Kier molecular flexibility index (Phi) is 4.80. The minimum Gasteiger partial charge on any atom is -0.459 e. The number of fused-ring (bicyclic) bond motifs is 1. The molecule has 138 valence electrons. The molecular formula is C23H22O4. The Labute approximate surface area is 157 Å². The van der Waals surface area contributed by atoms with E-state index in [-0.39, 0.29) is 17.7 Å². The maximum absolute atomic E-state index is 12.4. The predicted molar refractivity (Wildman–Crippen MR) is 105 cm³/mol. The van der Waals surface area contributed by atoms with E-state index in [9.17, 15) is 9.59 Å². The van der Waals surface area contributed by atoms with Crippen LogP contribution in [0.5, 0.6) is 0 Å². The van der Waals surface area contributed by atoms with Gasteiger partial charge in [0.2, 0.25) is 0 Å². The fourth-order valence-electron chi connectivity index (χ4n) is 3.75. The van der Waals surface area contributed by atoms with E-state index in [1.54, 1.807) is 30.3 Å². The van der Waals surface area contributed by atoms with Gasteiger partial charge in [-0.05, 0) is 55.0 Å². The SMILES string of the molecule is CC1CCCC(OC(=O)c2ccc(-c3cc4ccccc4oc3=O)cc2)C1. The van der Waals surface area contributed by atoms with Crippen LogP contribution in [0.2, 0.25) is 0 Å². The second-order valence-electron chi connectivity index (χ2n) is 7.36. The van der Waals surface area contributed by atoms with Crippen LogP contribution in [-0.4, -0.2) is 12.1 Å². The lowest BCUT2D eigenvalue weighted by Gasteiger charge is -2.26. The molecule has 0 spiro atoms. The van der Waals surface area contributed by atoms with Crippen LogP contribution in [0.4, 0.5) is 0 Å². The summed E-state index contributed by atoms with van der Waals surface area (Å²) in [5.74, 6) is 0.303. The summed E-state index contributed by atoms with van der Waals surface area (Å²) in [6.45, 7) is 2.20. The van der Waals surface area contributed by atoms with Crippen LogP contribution in [0.25, 0.3) is 22.1 Å². The van der Waals surface area contributed by atoms with Crippen molar-refractivity contribution < 1.29 is 13.9 Å². The molecule has 1 aliphatic rings. The molecular weight excluding hydrogens is 340 g/mol. The van der Waals surface area contributed by atoms with Crippen LogP contribution in [-0.2, 0) is 4.74 Å². The standard InChI is InChI=1S/C23H22O4/c1-15-5-4-7-19(13-15)26-22(24)17-11-9-16(10-12-17)20-14-18-6-2-3-8-21(18)27-23(20)25/h2-3,6,8-12,14-15,19H,4-5,7,13H2,1H3. The molecule has 4 rings (SSSR count). The van der Waals surface area contributed by atoms with E-state index in [0.717, 1.165) is 30.2 Å². The van der Waals surface area contributed by atoms with E-state index in [0.29, 0.717) is 22.6 Å². The van der Waals surface area contributed by atoms with Gasteiger partial charge in [-0.3, -0.25) is 0 Å². The predicted octanol–water partition coefficient (Wildman–Crippen LogP) is 5.20. The van der Waals surface area contributed by atoms with E-state index < -0.39 is 0 Å². The summed E-state index contributed by atoms with van der Waals surface area (Å²) < 4.78 is 11.0. The van der Waals surface area contributed by atoms with Crippen LogP contribution >= 0.6 is 0 Å². The van der Waals surface area contributed by atoms with Crippen molar-refractivity contribution in [2.75, 3.05) is 0 Å². The Morgan fingerprint density at radius 1 is 1.07 bits per heavy atom. The summed E-state index contributed by atoms with van der Waals surface area (Å²) in [7, 11) is 0. The van der Waals surface area contributed by atoms with E-state index in [2.05, 4.69) is 6.92 Å². The summed E-state index contributed by atoms with van der Waals surface area (Å²) in [4.78, 5) is 24.7. The Bertz CT molecular complexity index is 1020. The lowest BCUT2D eigenvalue weighted by Crippen LogP contribution is -2.24.